The van der Waals surface area contributed by atoms with Crippen LogP contribution >= 0.6 is 0 Å². The molecule has 1 heterocycles. The van der Waals surface area contributed by atoms with E-state index in [4.69, 9.17) is 4.74 Å². The highest BCUT2D eigenvalue weighted by atomic mass is 16.5. The number of carbonyl (C=O) groups excluding carboxylic acids is 3. The maximum atomic E-state index is 11.6. The van der Waals surface area contributed by atoms with Crippen LogP contribution in [-0.4, -0.2) is 30.3 Å². The highest BCUT2D eigenvalue weighted by Crippen LogP contribution is 2.24. The summed E-state index contributed by atoms with van der Waals surface area (Å²) in [4.78, 5) is 39.4. The minimum atomic E-state index is -0.769. The summed E-state index contributed by atoms with van der Waals surface area (Å²) in [6.45, 7) is 7.21. The fourth-order valence-corrected chi connectivity index (χ4v) is 2.05. The number of hydrogen-bond acceptors (Lipinski definition) is 5. The second kappa shape index (κ2) is 7.33. The van der Waals surface area contributed by atoms with Crippen LogP contribution in [0.5, 0.6) is 0 Å². The van der Waals surface area contributed by atoms with Crippen LogP contribution in [0.25, 0.3) is 0 Å². The third-order valence-corrected chi connectivity index (χ3v) is 2.77. The molecule has 1 amide bonds. The molecular weight excluding hydrogens is 272 g/mol. The molecule has 0 aromatic carbocycles. The van der Waals surface area contributed by atoms with Gasteiger partial charge in [0, 0.05) is 11.9 Å². The quantitative estimate of drug-likeness (QED) is 0.261. The van der Waals surface area contributed by atoms with Gasteiger partial charge < -0.3 is 4.74 Å². The Labute approximate surface area is 123 Å². The monoisotopic (exact) mass is 290 g/mol. The van der Waals surface area contributed by atoms with Gasteiger partial charge in [-0.2, -0.15) is 0 Å². The molecule has 0 fully saturated rings. The zero-order chi connectivity index (χ0) is 16.0. The topological polar surface area (TPSA) is 76.6 Å². The lowest BCUT2D eigenvalue weighted by Crippen LogP contribution is -2.20. The lowest BCUT2D eigenvalue weighted by Gasteiger charge is -2.18. The Bertz CT molecular complexity index is 570. The molecule has 0 aliphatic heterocycles. The summed E-state index contributed by atoms with van der Waals surface area (Å²) in [5, 5.41) is 0. The SMILES string of the molecule is CCOC(=O)/C(C=O)=C/N(C=O)c1c(C)cc(C)nc1C. The summed E-state index contributed by atoms with van der Waals surface area (Å²) < 4.78 is 4.76. The molecule has 0 unspecified atom stereocenters. The van der Waals surface area contributed by atoms with Crippen molar-refractivity contribution in [3.05, 3.63) is 34.8 Å². The number of rotatable bonds is 6. The maximum absolute atomic E-state index is 11.6. The number of carbonyl (C=O) groups is 3. The first-order valence-corrected chi connectivity index (χ1v) is 6.47. The van der Waals surface area contributed by atoms with Crippen molar-refractivity contribution in [2.75, 3.05) is 11.5 Å². The number of nitrogens with zero attached hydrogens (tertiary/aromatic N) is 2. The van der Waals surface area contributed by atoms with E-state index in [0.717, 1.165) is 22.4 Å². The van der Waals surface area contributed by atoms with Crippen molar-refractivity contribution in [1.29, 1.82) is 0 Å². The molecule has 0 aliphatic rings. The molecular formula is C15H18N2O4. The molecule has 0 saturated carbocycles. The molecule has 0 N–H and O–H groups in total. The first-order valence-electron chi connectivity index (χ1n) is 6.47. The Morgan fingerprint density at radius 2 is 2.00 bits per heavy atom. The highest BCUT2D eigenvalue weighted by molar-refractivity contribution is 6.08. The van der Waals surface area contributed by atoms with Crippen molar-refractivity contribution in [2.45, 2.75) is 27.7 Å². The molecule has 0 saturated heterocycles. The molecule has 0 spiro atoms. The Morgan fingerprint density at radius 3 is 2.48 bits per heavy atom. The zero-order valence-corrected chi connectivity index (χ0v) is 12.5. The standard InChI is InChI=1S/C15H18N2O4/c1-5-21-15(20)13(8-18)7-17(9-19)14-10(2)6-11(3)16-12(14)4/h6-9H,5H2,1-4H3/b13-7+. The Hall–Kier alpha value is -2.50. The van der Waals surface area contributed by atoms with Gasteiger partial charge in [0.05, 0.1) is 18.0 Å². The van der Waals surface area contributed by atoms with Crippen molar-refractivity contribution in [2.24, 2.45) is 0 Å². The fourth-order valence-electron chi connectivity index (χ4n) is 2.05. The average Bonchev–Trinajstić information content (AvgIpc) is 2.41. The predicted octanol–water partition coefficient (Wildman–Crippen LogP) is 1.62. The second-order valence-corrected chi connectivity index (χ2v) is 4.45. The van der Waals surface area contributed by atoms with Gasteiger partial charge in [0.2, 0.25) is 6.41 Å². The largest absolute Gasteiger partial charge is 0.462 e. The van der Waals surface area contributed by atoms with E-state index in [2.05, 4.69) is 4.98 Å². The van der Waals surface area contributed by atoms with Gasteiger partial charge >= 0.3 is 5.97 Å². The average molecular weight is 290 g/mol. The number of esters is 1. The molecule has 0 radical (unpaired) electrons. The molecule has 6 heteroatoms. The van der Waals surface area contributed by atoms with Crippen molar-refractivity contribution < 1.29 is 19.1 Å². The van der Waals surface area contributed by atoms with E-state index in [1.807, 2.05) is 19.9 Å². The minimum Gasteiger partial charge on any atom is -0.462 e. The third kappa shape index (κ3) is 3.98. The van der Waals surface area contributed by atoms with Crippen molar-refractivity contribution in [3.8, 4) is 0 Å². The number of anilines is 1. The summed E-state index contributed by atoms with van der Waals surface area (Å²) in [7, 11) is 0. The van der Waals surface area contributed by atoms with Crippen LogP contribution in [-0.2, 0) is 19.1 Å². The highest BCUT2D eigenvalue weighted by Gasteiger charge is 2.16. The van der Waals surface area contributed by atoms with E-state index >= 15 is 0 Å². The van der Waals surface area contributed by atoms with Crippen LogP contribution in [0, 0.1) is 20.8 Å². The smallest absolute Gasteiger partial charge is 0.342 e. The summed E-state index contributed by atoms with van der Waals surface area (Å²) >= 11 is 0. The summed E-state index contributed by atoms with van der Waals surface area (Å²) in [5.74, 6) is -0.769. The van der Waals surface area contributed by atoms with Crippen molar-refractivity contribution >= 4 is 24.4 Å². The Kier molecular flexibility index (Phi) is 5.78. The maximum Gasteiger partial charge on any atom is 0.342 e. The van der Waals surface area contributed by atoms with Crippen LogP contribution in [0.1, 0.15) is 23.9 Å². The summed E-state index contributed by atoms with van der Waals surface area (Å²) in [5.41, 5.74) is 2.58. The predicted molar refractivity (Wildman–Crippen MR) is 77.8 cm³/mol. The first-order chi connectivity index (χ1) is 9.94. The molecule has 21 heavy (non-hydrogen) atoms. The van der Waals surface area contributed by atoms with Crippen LogP contribution in [0.15, 0.2) is 17.8 Å². The van der Waals surface area contributed by atoms with E-state index < -0.39 is 5.97 Å². The third-order valence-electron chi connectivity index (χ3n) is 2.77. The number of aldehydes is 1. The molecule has 1 aromatic heterocycles. The van der Waals surface area contributed by atoms with Gasteiger partial charge in [-0.25, -0.2) is 4.79 Å². The van der Waals surface area contributed by atoms with Gasteiger partial charge in [-0.3, -0.25) is 19.5 Å². The molecule has 1 rings (SSSR count). The van der Waals surface area contributed by atoms with Crippen LogP contribution in [0.2, 0.25) is 0 Å². The Balaban J connectivity index is 3.28. The minimum absolute atomic E-state index is 0.148. The molecule has 112 valence electrons. The molecule has 0 aliphatic carbocycles. The molecule has 6 nitrogen and oxygen atoms in total. The molecule has 1 aromatic rings. The number of ether oxygens (including phenoxy) is 1. The number of pyridine rings is 1. The van der Waals surface area contributed by atoms with Crippen LogP contribution < -0.4 is 4.90 Å². The lowest BCUT2D eigenvalue weighted by molar-refractivity contribution is -0.139. The van der Waals surface area contributed by atoms with E-state index in [1.54, 1.807) is 13.8 Å². The van der Waals surface area contributed by atoms with Gasteiger partial charge in [-0.05, 0) is 39.3 Å². The van der Waals surface area contributed by atoms with Crippen LogP contribution in [0.4, 0.5) is 5.69 Å². The number of hydrogen-bond donors (Lipinski definition) is 0. The Morgan fingerprint density at radius 1 is 1.33 bits per heavy atom. The number of aromatic nitrogens is 1. The van der Waals surface area contributed by atoms with Crippen molar-refractivity contribution in [1.82, 2.24) is 4.98 Å². The summed E-state index contributed by atoms with van der Waals surface area (Å²) in [6.07, 6.45) is 2.04. The molecule has 0 atom stereocenters. The second-order valence-electron chi connectivity index (χ2n) is 4.45. The van der Waals surface area contributed by atoms with Crippen LogP contribution in [0.3, 0.4) is 0 Å². The van der Waals surface area contributed by atoms with Gasteiger partial charge in [-0.1, -0.05) is 0 Å². The number of amides is 1. The molecule has 0 bridgehead atoms. The van der Waals surface area contributed by atoms with E-state index in [1.165, 1.54) is 0 Å². The van der Waals surface area contributed by atoms with Gasteiger partial charge in [0.25, 0.3) is 0 Å². The van der Waals surface area contributed by atoms with Gasteiger partial charge in [-0.15, -0.1) is 0 Å². The number of aryl methyl sites for hydroxylation is 3. The lowest BCUT2D eigenvalue weighted by atomic mass is 10.1. The van der Waals surface area contributed by atoms with E-state index in [0.29, 0.717) is 24.1 Å². The zero-order valence-electron chi connectivity index (χ0n) is 12.5. The fraction of sp³-hybridized carbons (Fsp3) is 0.333. The van der Waals surface area contributed by atoms with Crippen molar-refractivity contribution in [3.63, 3.8) is 0 Å². The summed E-state index contributed by atoms with van der Waals surface area (Å²) in [6, 6.07) is 1.82. The first kappa shape index (κ1) is 16.6. The van der Waals surface area contributed by atoms with Gasteiger partial charge in [0.15, 0.2) is 6.29 Å². The van der Waals surface area contributed by atoms with Gasteiger partial charge in [0.1, 0.15) is 5.57 Å². The van der Waals surface area contributed by atoms with E-state index in [9.17, 15) is 14.4 Å². The van der Waals surface area contributed by atoms with E-state index in [-0.39, 0.29) is 12.2 Å². The normalized spacial score (nSPS) is 11.0.